The van der Waals surface area contributed by atoms with Crippen molar-refractivity contribution in [2.75, 3.05) is 18.9 Å². The highest BCUT2D eigenvalue weighted by atomic mass is 19.4. The van der Waals surface area contributed by atoms with Crippen LogP contribution in [0.1, 0.15) is 36.8 Å². The Bertz CT molecular complexity index is 1280. The highest BCUT2D eigenvalue weighted by Gasteiger charge is 2.38. The topological polar surface area (TPSA) is 137 Å². The molecule has 3 aromatic rings. The molecule has 10 nitrogen and oxygen atoms in total. The van der Waals surface area contributed by atoms with Crippen LogP contribution in [0.3, 0.4) is 0 Å². The Balaban J connectivity index is 1.29. The summed E-state index contributed by atoms with van der Waals surface area (Å²) in [6.07, 6.45) is -3.84. The molecule has 1 aliphatic rings. The van der Waals surface area contributed by atoms with Crippen LogP contribution in [0.5, 0.6) is 0 Å². The van der Waals surface area contributed by atoms with E-state index in [9.17, 15) is 23.1 Å². The molecule has 0 radical (unpaired) electrons. The second kappa shape index (κ2) is 10.5. The summed E-state index contributed by atoms with van der Waals surface area (Å²) in [4.78, 5) is 23.1. The van der Waals surface area contributed by atoms with Crippen LogP contribution >= 0.6 is 0 Å². The van der Waals surface area contributed by atoms with Gasteiger partial charge in [0.2, 0.25) is 0 Å². The third kappa shape index (κ3) is 5.73. The molecule has 1 unspecified atom stereocenters. The Hall–Kier alpha value is -3.73. The first-order chi connectivity index (χ1) is 17.1. The highest BCUT2D eigenvalue weighted by molar-refractivity contribution is 5.82. The van der Waals surface area contributed by atoms with Gasteiger partial charge in [-0.05, 0) is 24.6 Å². The van der Waals surface area contributed by atoms with Crippen molar-refractivity contribution in [3.05, 3.63) is 48.0 Å². The average Bonchev–Trinajstić information content (AvgIpc) is 3.44. The fraction of sp³-hybridized carbons (Fsp3) is 0.391. The van der Waals surface area contributed by atoms with Crippen LogP contribution in [0.2, 0.25) is 0 Å². The van der Waals surface area contributed by atoms with Crippen molar-refractivity contribution < 1.29 is 32.5 Å². The highest BCUT2D eigenvalue weighted by Crippen LogP contribution is 2.32. The molecular formula is C23H23F3N6O4. The lowest BCUT2D eigenvalue weighted by molar-refractivity contribution is -0.173. The molecule has 2 aromatic heterocycles. The molecule has 0 aliphatic carbocycles. The number of hydrogen-bond acceptors (Lipinski definition) is 8. The van der Waals surface area contributed by atoms with E-state index < -0.39 is 37.1 Å². The summed E-state index contributed by atoms with van der Waals surface area (Å²) in [6, 6.07) is 6.95. The van der Waals surface area contributed by atoms with Gasteiger partial charge in [-0.3, -0.25) is 9.36 Å². The number of imidazole rings is 1. The van der Waals surface area contributed by atoms with Crippen LogP contribution in [-0.2, 0) is 14.3 Å². The molecule has 1 saturated heterocycles. The van der Waals surface area contributed by atoms with Gasteiger partial charge in [0.15, 0.2) is 11.5 Å². The van der Waals surface area contributed by atoms with E-state index >= 15 is 0 Å². The summed E-state index contributed by atoms with van der Waals surface area (Å²) in [5, 5.41) is 12.2. The molecule has 0 spiro atoms. The summed E-state index contributed by atoms with van der Waals surface area (Å²) in [7, 11) is 0. The minimum absolute atomic E-state index is 0.142. The van der Waals surface area contributed by atoms with Crippen LogP contribution in [0.15, 0.2) is 36.9 Å². The number of benzene rings is 1. The molecule has 3 heterocycles. The lowest BCUT2D eigenvalue weighted by atomic mass is 10.1. The second-order valence-corrected chi connectivity index (χ2v) is 8.09. The standard InChI is InChI=1S/C23H23F3N6O4/c1-13(15-6-4-14(5-7-15)3-2-8-28-22(34)23(24,25)26)35-10-17-16(33)9-18(36-17)32-12-31-19-20(27)29-11-30-21(19)32/h4-7,11-13,16-18,33H,8-10H2,1H3,(H,28,34)(H2,27,29,30)/t13?,16-,17+,18+/m0/s1. The van der Waals surface area contributed by atoms with Gasteiger partial charge in [-0.1, -0.05) is 24.0 Å². The maximum absolute atomic E-state index is 12.1. The molecule has 4 rings (SSSR count). The molecule has 0 saturated carbocycles. The number of aliphatic hydroxyl groups is 1. The third-order valence-corrected chi connectivity index (χ3v) is 5.62. The van der Waals surface area contributed by atoms with E-state index in [2.05, 4.69) is 26.8 Å². The Kier molecular flexibility index (Phi) is 7.39. The average molecular weight is 504 g/mol. The van der Waals surface area contributed by atoms with E-state index in [1.54, 1.807) is 40.5 Å². The molecule has 1 fully saturated rings. The minimum atomic E-state index is -4.93. The summed E-state index contributed by atoms with van der Waals surface area (Å²) in [5.41, 5.74) is 8.21. The number of carbonyl (C=O) groups excluding carboxylic acids is 1. The normalized spacial score (nSPS) is 20.6. The van der Waals surface area contributed by atoms with E-state index in [4.69, 9.17) is 15.2 Å². The van der Waals surface area contributed by atoms with Crippen molar-refractivity contribution in [1.82, 2.24) is 24.8 Å². The van der Waals surface area contributed by atoms with Crippen LogP contribution in [0.25, 0.3) is 11.2 Å². The number of nitrogens with one attached hydrogen (secondary N) is 1. The predicted octanol–water partition coefficient (Wildman–Crippen LogP) is 1.86. The van der Waals surface area contributed by atoms with Gasteiger partial charge >= 0.3 is 12.1 Å². The summed E-state index contributed by atoms with van der Waals surface area (Å²) >= 11 is 0. The monoisotopic (exact) mass is 504 g/mol. The zero-order valence-electron chi connectivity index (χ0n) is 19.1. The summed E-state index contributed by atoms with van der Waals surface area (Å²) < 4.78 is 50.0. The van der Waals surface area contributed by atoms with Crippen molar-refractivity contribution in [3.8, 4) is 11.8 Å². The number of aromatic nitrogens is 4. The van der Waals surface area contributed by atoms with Gasteiger partial charge in [0, 0.05) is 12.0 Å². The van der Waals surface area contributed by atoms with Crippen LogP contribution in [0, 0.1) is 11.8 Å². The number of nitrogen functional groups attached to an aromatic ring is 1. The molecule has 13 heteroatoms. The van der Waals surface area contributed by atoms with Crippen molar-refractivity contribution in [1.29, 1.82) is 0 Å². The maximum Gasteiger partial charge on any atom is 0.471 e. The molecule has 0 bridgehead atoms. The lowest BCUT2D eigenvalue weighted by Crippen LogP contribution is -2.36. The van der Waals surface area contributed by atoms with Crippen LogP contribution in [-0.4, -0.2) is 62.1 Å². The van der Waals surface area contributed by atoms with Gasteiger partial charge in [-0.15, -0.1) is 0 Å². The quantitative estimate of drug-likeness (QED) is 0.433. The number of nitrogens with zero attached hydrogens (tertiary/aromatic N) is 4. The largest absolute Gasteiger partial charge is 0.471 e. The zero-order valence-corrected chi connectivity index (χ0v) is 19.1. The molecule has 1 aliphatic heterocycles. The van der Waals surface area contributed by atoms with Gasteiger partial charge in [0.25, 0.3) is 0 Å². The van der Waals surface area contributed by atoms with E-state index in [1.807, 2.05) is 6.92 Å². The maximum atomic E-state index is 12.1. The number of halogens is 3. The Morgan fingerprint density at radius 2 is 2.08 bits per heavy atom. The number of nitrogens with two attached hydrogens (primary N) is 1. The van der Waals surface area contributed by atoms with E-state index in [1.165, 1.54) is 6.33 Å². The van der Waals surface area contributed by atoms with Crippen molar-refractivity contribution >= 4 is 22.9 Å². The van der Waals surface area contributed by atoms with Gasteiger partial charge in [-0.2, -0.15) is 13.2 Å². The number of anilines is 1. The fourth-order valence-electron chi connectivity index (χ4n) is 3.66. The molecule has 190 valence electrons. The van der Waals surface area contributed by atoms with E-state index in [-0.39, 0.29) is 18.5 Å². The first-order valence-corrected chi connectivity index (χ1v) is 11.0. The molecule has 1 aromatic carbocycles. The first-order valence-electron chi connectivity index (χ1n) is 11.0. The van der Waals surface area contributed by atoms with Crippen molar-refractivity contribution in [2.45, 2.75) is 44.1 Å². The van der Waals surface area contributed by atoms with Crippen molar-refractivity contribution in [2.24, 2.45) is 0 Å². The van der Waals surface area contributed by atoms with Gasteiger partial charge < -0.3 is 25.6 Å². The minimum Gasteiger partial charge on any atom is -0.390 e. The Morgan fingerprint density at radius 3 is 2.81 bits per heavy atom. The fourth-order valence-corrected chi connectivity index (χ4v) is 3.66. The van der Waals surface area contributed by atoms with Gasteiger partial charge in [0.1, 0.15) is 24.2 Å². The van der Waals surface area contributed by atoms with E-state index in [0.29, 0.717) is 23.1 Å². The van der Waals surface area contributed by atoms with Crippen LogP contribution < -0.4 is 11.1 Å². The SMILES string of the molecule is CC(OC[C@H]1O[C@@H](n2cnc3c(N)ncnc32)C[C@@H]1O)c1ccc(C#CCNC(=O)C(F)(F)F)cc1. The first kappa shape index (κ1) is 25.4. The van der Waals surface area contributed by atoms with Gasteiger partial charge in [-0.25, -0.2) is 15.0 Å². The number of hydrogen-bond donors (Lipinski definition) is 3. The second-order valence-electron chi connectivity index (χ2n) is 8.09. The molecule has 1 amide bonds. The zero-order chi connectivity index (χ0) is 25.9. The lowest BCUT2D eigenvalue weighted by Gasteiger charge is -2.19. The Labute approximate surface area is 203 Å². The Morgan fingerprint density at radius 1 is 1.33 bits per heavy atom. The molecule has 4 N–H and O–H groups in total. The van der Waals surface area contributed by atoms with Crippen molar-refractivity contribution in [3.63, 3.8) is 0 Å². The smallest absolute Gasteiger partial charge is 0.390 e. The predicted molar refractivity (Wildman–Crippen MR) is 121 cm³/mol. The number of amides is 1. The van der Waals surface area contributed by atoms with Crippen LogP contribution in [0.4, 0.5) is 19.0 Å². The molecule has 36 heavy (non-hydrogen) atoms. The number of ether oxygens (including phenoxy) is 2. The summed E-state index contributed by atoms with van der Waals surface area (Å²) in [6.45, 7) is 1.57. The van der Waals surface area contributed by atoms with E-state index in [0.717, 1.165) is 5.56 Å². The molecule has 4 atom stereocenters. The summed E-state index contributed by atoms with van der Waals surface area (Å²) in [5.74, 6) is 3.39. The molecular weight excluding hydrogens is 481 g/mol. The van der Waals surface area contributed by atoms with Gasteiger partial charge in [0.05, 0.1) is 31.7 Å². The third-order valence-electron chi connectivity index (χ3n) is 5.62. The number of alkyl halides is 3. The number of rotatable bonds is 6. The number of carbonyl (C=O) groups is 1. The number of fused-ring (bicyclic) bond motifs is 1. The number of aliphatic hydroxyl groups excluding tert-OH is 1.